The SMILES string of the molecule is CC[C@H]1C[C@@H](N=[N+]=[N-])CC[C@H]1O[Si](c1ccccc1)(c1ccccc1)C(C)(C)C. The van der Waals surface area contributed by atoms with Gasteiger partial charge in [0.25, 0.3) is 8.32 Å². The molecule has 4 nitrogen and oxygen atoms in total. The second-order valence-electron chi connectivity index (χ2n) is 9.16. The Balaban J connectivity index is 2.08. The molecule has 0 aromatic heterocycles. The highest BCUT2D eigenvalue weighted by atomic mass is 28.4. The number of hydrogen-bond acceptors (Lipinski definition) is 2. The lowest BCUT2D eigenvalue weighted by Gasteiger charge is -2.48. The standard InChI is InChI=1S/C24H33N3OSi/c1-5-19-18-20(26-27-25)16-17-23(19)28-29(24(2,3)4,21-12-8-6-9-13-21)22-14-10-7-11-15-22/h6-15,19-20,23H,5,16-18H2,1-4H3/t19-,20-,23+/m0/s1. The Morgan fingerprint density at radius 3 is 2.00 bits per heavy atom. The third-order valence-electron chi connectivity index (χ3n) is 6.37. The summed E-state index contributed by atoms with van der Waals surface area (Å²) < 4.78 is 7.35. The van der Waals surface area contributed by atoms with Gasteiger partial charge in [-0.25, -0.2) is 0 Å². The molecule has 0 saturated heterocycles. The number of hydrogen-bond donors (Lipinski definition) is 0. The molecule has 3 atom stereocenters. The fourth-order valence-electron chi connectivity index (χ4n) is 4.89. The molecule has 0 amide bonds. The van der Waals surface area contributed by atoms with Crippen LogP contribution in [0.15, 0.2) is 65.8 Å². The number of nitrogens with zero attached hydrogens (tertiary/aromatic N) is 3. The van der Waals surface area contributed by atoms with Crippen molar-refractivity contribution in [3.63, 3.8) is 0 Å². The molecular formula is C24H33N3OSi. The quantitative estimate of drug-likeness (QED) is 0.257. The summed E-state index contributed by atoms with van der Waals surface area (Å²) in [5.41, 5.74) is 8.87. The summed E-state index contributed by atoms with van der Waals surface area (Å²) in [7, 11) is -2.54. The largest absolute Gasteiger partial charge is 0.404 e. The Labute approximate surface area is 176 Å². The van der Waals surface area contributed by atoms with Gasteiger partial charge in [0.2, 0.25) is 0 Å². The van der Waals surface area contributed by atoms with Gasteiger partial charge in [0.05, 0.1) is 0 Å². The summed E-state index contributed by atoms with van der Waals surface area (Å²) in [6.45, 7) is 9.20. The molecule has 1 aliphatic rings. The topological polar surface area (TPSA) is 58.0 Å². The van der Waals surface area contributed by atoms with E-state index >= 15 is 0 Å². The van der Waals surface area contributed by atoms with E-state index in [9.17, 15) is 0 Å². The Kier molecular flexibility index (Phi) is 6.84. The maximum atomic E-state index is 8.87. The average Bonchev–Trinajstić information content (AvgIpc) is 2.73. The minimum absolute atomic E-state index is 0.0182. The fourth-order valence-corrected chi connectivity index (χ4v) is 9.67. The van der Waals surface area contributed by atoms with Gasteiger partial charge in [0.15, 0.2) is 0 Å². The van der Waals surface area contributed by atoms with Crippen LogP contribution in [0.25, 0.3) is 10.4 Å². The first kappa shape index (κ1) is 21.6. The molecule has 0 N–H and O–H groups in total. The van der Waals surface area contributed by atoms with Gasteiger partial charge in [0.1, 0.15) is 0 Å². The van der Waals surface area contributed by atoms with Gasteiger partial charge >= 0.3 is 0 Å². The maximum Gasteiger partial charge on any atom is 0.261 e. The molecule has 1 saturated carbocycles. The van der Waals surface area contributed by atoms with E-state index in [4.69, 9.17) is 9.96 Å². The molecule has 29 heavy (non-hydrogen) atoms. The van der Waals surface area contributed by atoms with Crippen molar-refractivity contribution >= 4 is 18.7 Å². The lowest BCUT2D eigenvalue weighted by Crippen LogP contribution is -2.68. The molecule has 1 aliphatic carbocycles. The predicted octanol–water partition coefficient (Wildman–Crippen LogP) is 5.82. The van der Waals surface area contributed by atoms with E-state index in [-0.39, 0.29) is 17.2 Å². The first-order valence-electron chi connectivity index (χ1n) is 10.8. The van der Waals surface area contributed by atoms with Crippen LogP contribution in [0.3, 0.4) is 0 Å². The summed E-state index contributed by atoms with van der Waals surface area (Å²) >= 11 is 0. The van der Waals surface area contributed by atoms with Crippen LogP contribution in [0.1, 0.15) is 53.4 Å². The zero-order valence-electron chi connectivity index (χ0n) is 18.1. The van der Waals surface area contributed by atoms with Gasteiger partial charge in [-0.2, -0.15) is 0 Å². The van der Waals surface area contributed by atoms with Crippen molar-refractivity contribution in [1.29, 1.82) is 0 Å². The van der Waals surface area contributed by atoms with Crippen LogP contribution >= 0.6 is 0 Å². The van der Waals surface area contributed by atoms with E-state index in [1.165, 1.54) is 10.4 Å². The molecule has 0 bridgehead atoms. The van der Waals surface area contributed by atoms with Crippen molar-refractivity contribution in [1.82, 2.24) is 0 Å². The Hall–Kier alpha value is -2.07. The second-order valence-corrected chi connectivity index (χ2v) is 13.4. The van der Waals surface area contributed by atoms with Gasteiger partial charge in [-0.05, 0) is 46.1 Å². The van der Waals surface area contributed by atoms with Crippen molar-refractivity contribution in [2.75, 3.05) is 0 Å². The molecular weight excluding hydrogens is 374 g/mol. The highest BCUT2D eigenvalue weighted by molar-refractivity contribution is 6.99. The molecule has 0 aliphatic heterocycles. The van der Waals surface area contributed by atoms with Crippen LogP contribution < -0.4 is 10.4 Å². The minimum atomic E-state index is -2.54. The van der Waals surface area contributed by atoms with E-state index in [2.05, 4.69) is 98.4 Å². The van der Waals surface area contributed by atoms with Gasteiger partial charge in [-0.15, -0.1) is 0 Å². The van der Waals surface area contributed by atoms with Gasteiger partial charge in [-0.3, -0.25) is 0 Å². The van der Waals surface area contributed by atoms with Gasteiger partial charge in [-0.1, -0.05) is 99.9 Å². The predicted molar refractivity (Wildman–Crippen MR) is 123 cm³/mol. The van der Waals surface area contributed by atoms with Crippen LogP contribution in [-0.2, 0) is 4.43 Å². The third-order valence-corrected chi connectivity index (χ3v) is 11.4. The number of azide groups is 1. The molecule has 0 spiro atoms. The Bertz CT molecular complexity index is 789. The van der Waals surface area contributed by atoms with E-state index in [1.807, 2.05) is 0 Å². The molecule has 1 fully saturated rings. The highest BCUT2D eigenvalue weighted by Crippen LogP contribution is 2.41. The summed E-state index contributed by atoms with van der Waals surface area (Å²) in [5.74, 6) is 0.417. The Morgan fingerprint density at radius 2 is 1.55 bits per heavy atom. The minimum Gasteiger partial charge on any atom is -0.404 e. The molecule has 0 radical (unpaired) electrons. The summed E-state index contributed by atoms with van der Waals surface area (Å²) in [6, 6.07) is 21.8. The highest BCUT2D eigenvalue weighted by Gasteiger charge is 2.52. The van der Waals surface area contributed by atoms with E-state index in [1.54, 1.807) is 0 Å². The van der Waals surface area contributed by atoms with Crippen molar-refractivity contribution < 1.29 is 4.43 Å². The fraction of sp³-hybridized carbons (Fsp3) is 0.500. The zero-order chi connectivity index (χ0) is 20.9. The first-order valence-corrected chi connectivity index (χ1v) is 12.7. The van der Waals surface area contributed by atoms with E-state index in [0.29, 0.717) is 5.92 Å². The van der Waals surface area contributed by atoms with Gasteiger partial charge < -0.3 is 4.43 Å². The molecule has 3 rings (SSSR count). The van der Waals surface area contributed by atoms with Crippen molar-refractivity contribution in [3.05, 3.63) is 71.1 Å². The van der Waals surface area contributed by atoms with Crippen molar-refractivity contribution in [2.45, 2.75) is 70.6 Å². The van der Waals surface area contributed by atoms with E-state index < -0.39 is 8.32 Å². The van der Waals surface area contributed by atoms with Crippen LogP contribution in [-0.4, -0.2) is 20.5 Å². The third kappa shape index (κ3) is 4.42. The van der Waals surface area contributed by atoms with Crippen LogP contribution in [0.4, 0.5) is 0 Å². The molecule has 0 unspecified atom stereocenters. The smallest absolute Gasteiger partial charge is 0.261 e. The molecule has 5 heteroatoms. The zero-order valence-corrected chi connectivity index (χ0v) is 19.1. The second kappa shape index (κ2) is 9.16. The molecule has 2 aromatic carbocycles. The van der Waals surface area contributed by atoms with Crippen LogP contribution in [0.5, 0.6) is 0 Å². The molecule has 0 heterocycles. The summed E-state index contributed by atoms with van der Waals surface area (Å²) in [6.07, 6.45) is 4.01. The van der Waals surface area contributed by atoms with E-state index in [0.717, 1.165) is 25.7 Å². The average molecular weight is 408 g/mol. The first-order chi connectivity index (χ1) is 13.9. The van der Waals surface area contributed by atoms with Crippen molar-refractivity contribution in [2.24, 2.45) is 11.0 Å². The van der Waals surface area contributed by atoms with Crippen molar-refractivity contribution in [3.8, 4) is 0 Å². The van der Waals surface area contributed by atoms with Crippen LogP contribution in [0.2, 0.25) is 5.04 Å². The monoisotopic (exact) mass is 407 g/mol. The lowest BCUT2D eigenvalue weighted by atomic mass is 9.82. The Morgan fingerprint density at radius 1 is 1.00 bits per heavy atom. The van der Waals surface area contributed by atoms with Crippen LogP contribution in [0, 0.1) is 5.92 Å². The molecule has 154 valence electrons. The molecule has 2 aromatic rings. The maximum absolute atomic E-state index is 8.87. The van der Waals surface area contributed by atoms with Gasteiger partial charge in [0, 0.05) is 17.1 Å². The number of benzene rings is 2. The normalized spacial score (nSPS) is 22.7. The summed E-state index contributed by atoms with van der Waals surface area (Å²) in [4.78, 5) is 3.06. The lowest BCUT2D eigenvalue weighted by molar-refractivity contribution is 0.0737. The summed E-state index contributed by atoms with van der Waals surface area (Å²) in [5, 5.41) is 6.65. The number of rotatable bonds is 6.